The van der Waals surface area contributed by atoms with E-state index in [0.29, 0.717) is 6.61 Å². The minimum absolute atomic E-state index is 0.139. The minimum Gasteiger partial charge on any atom is -0.493 e. The Bertz CT molecular complexity index is 710. The normalized spacial score (nSPS) is 15.2. The maximum Gasteiger partial charge on any atom is 0.269 e. The quantitative estimate of drug-likeness (QED) is 0.643. The van der Waals surface area contributed by atoms with E-state index in [0.717, 1.165) is 44.2 Å². The van der Waals surface area contributed by atoms with E-state index < -0.39 is 0 Å². The van der Waals surface area contributed by atoms with Gasteiger partial charge < -0.3 is 14.5 Å². The van der Waals surface area contributed by atoms with Crippen LogP contribution in [0.15, 0.2) is 48.5 Å². The van der Waals surface area contributed by atoms with Crippen molar-refractivity contribution in [3.8, 4) is 5.75 Å². The Hall–Kier alpha value is -2.60. The zero-order valence-corrected chi connectivity index (χ0v) is 14.5. The fourth-order valence-corrected chi connectivity index (χ4v) is 3.26. The molecule has 0 atom stereocenters. The zero-order valence-electron chi connectivity index (χ0n) is 14.5. The third kappa shape index (κ3) is 4.28. The van der Waals surface area contributed by atoms with Crippen LogP contribution in [-0.4, -0.2) is 37.7 Å². The van der Waals surface area contributed by atoms with E-state index >= 15 is 0 Å². The maximum atomic E-state index is 10.8. The first kappa shape index (κ1) is 17.2. The van der Waals surface area contributed by atoms with Gasteiger partial charge in [0.25, 0.3) is 5.69 Å². The number of nitrogens with zero attached hydrogens (tertiary/aromatic N) is 2. The van der Waals surface area contributed by atoms with Gasteiger partial charge in [-0.15, -0.1) is 0 Å². The third-order valence-corrected chi connectivity index (χ3v) is 4.61. The van der Waals surface area contributed by atoms with Crippen molar-refractivity contribution in [2.75, 3.05) is 37.7 Å². The Morgan fingerprint density at radius 2 is 1.80 bits per heavy atom. The molecule has 1 N–H and O–H groups in total. The van der Waals surface area contributed by atoms with Crippen molar-refractivity contribution in [2.24, 2.45) is 0 Å². The fourth-order valence-electron chi connectivity index (χ4n) is 3.26. The maximum absolute atomic E-state index is 10.8. The molecule has 0 amide bonds. The van der Waals surface area contributed by atoms with Crippen LogP contribution in [0.5, 0.6) is 5.75 Å². The number of nitro groups is 1. The van der Waals surface area contributed by atoms with Crippen molar-refractivity contribution < 1.29 is 14.6 Å². The van der Waals surface area contributed by atoms with E-state index in [1.165, 1.54) is 10.5 Å². The molecule has 25 heavy (non-hydrogen) atoms. The molecule has 1 aliphatic rings. The van der Waals surface area contributed by atoms with E-state index in [1.807, 2.05) is 31.2 Å². The van der Waals surface area contributed by atoms with Crippen LogP contribution in [0.4, 0.5) is 11.4 Å². The third-order valence-electron chi connectivity index (χ3n) is 4.61. The number of nitrogens with one attached hydrogen (secondary N) is 1. The van der Waals surface area contributed by atoms with Crippen LogP contribution < -0.4 is 14.5 Å². The van der Waals surface area contributed by atoms with Crippen molar-refractivity contribution in [1.82, 2.24) is 0 Å². The second-order valence-corrected chi connectivity index (χ2v) is 6.23. The van der Waals surface area contributed by atoms with Crippen LogP contribution in [0.3, 0.4) is 0 Å². The predicted molar refractivity (Wildman–Crippen MR) is 97.3 cm³/mol. The average Bonchev–Trinajstić information content (AvgIpc) is 2.64. The summed E-state index contributed by atoms with van der Waals surface area (Å²) in [5.41, 5.74) is 2.45. The molecule has 3 rings (SSSR count). The number of nitro benzene ring substituents is 1. The number of para-hydroxylation sites is 1. The van der Waals surface area contributed by atoms with Crippen LogP contribution in [0, 0.1) is 10.1 Å². The van der Waals surface area contributed by atoms with E-state index in [1.54, 1.807) is 12.1 Å². The summed E-state index contributed by atoms with van der Waals surface area (Å²) < 4.78 is 5.72. The van der Waals surface area contributed by atoms with Gasteiger partial charge in [0, 0.05) is 23.4 Å². The molecule has 0 unspecified atom stereocenters. The highest BCUT2D eigenvalue weighted by molar-refractivity contribution is 5.51. The number of anilines is 1. The lowest BCUT2D eigenvalue weighted by atomic mass is 10.1. The van der Waals surface area contributed by atoms with E-state index in [9.17, 15) is 10.1 Å². The van der Waals surface area contributed by atoms with Crippen LogP contribution in [0.1, 0.15) is 12.5 Å². The summed E-state index contributed by atoms with van der Waals surface area (Å²) in [5.74, 6) is 0.982. The summed E-state index contributed by atoms with van der Waals surface area (Å²) in [6.07, 6.45) is 0. The summed E-state index contributed by atoms with van der Waals surface area (Å²) in [6, 6.07) is 15.1. The molecule has 0 spiro atoms. The molecule has 1 aliphatic heterocycles. The molecule has 6 heteroatoms. The number of benzene rings is 2. The molecule has 6 nitrogen and oxygen atoms in total. The van der Waals surface area contributed by atoms with Gasteiger partial charge in [0.2, 0.25) is 0 Å². The summed E-state index contributed by atoms with van der Waals surface area (Å²) in [7, 11) is 0. The Kier molecular flexibility index (Phi) is 5.50. The molecule has 132 valence electrons. The van der Waals surface area contributed by atoms with Gasteiger partial charge in [-0.3, -0.25) is 10.1 Å². The minimum atomic E-state index is -0.359. The van der Waals surface area contributed by atoms with Crippen LogP contribution in [0.25, 0.3) is 0 Å². The van der Waals surface area contributed by atoms with E-state index in [-0.39, 0.29) is 10.6 Å². The van der Waals surface area contributed by atoms with Gasteiger partial charge in [-0.25, -0.2) is 0 Å². The van der Waals surface area contributed by atoms with Crippen molar-refractivity contribution in [3.63, 3.8) is 0 Å². The first-order valence-corrected chi connectivity index (χ1v) is 8.71. The summed E-state index contributed by atoms with van der Waals surface area (Å²) >= 11 is 0. The number of piperazine rings is 1. The second-order valence-electron chi connectivity index (χ2n) is 6.23. The Morgan fingerprint density at radius 1 is 1.12 bits per heavy atom. The lowest BCUT2D eigenvalue weighted by Gasteiger charge is -2.33. The van der Waals surface area contributed by atoms with Gasteiger partial charge in [-0.1, -0.05) is 12.1 Å². The van der Waals surface area contributed by atoms with Gasteiger partial charge in [0.1, 0.15) is 12.3 Å². The van der Waals surface area contributed by atoms with Crippen molar-refractivity contribution in [1.29, 1.82) is 0 Å². The first-order chi connectivity index (χ1) is 12.2. The molecule has 0 aliphatic carbocycles. The lowest BCUT2D eigenvalue weighted by molar-refractivity contribution is -0.914. The summed E-state index contributed by atoms with van der Waals surface area (Å²) in [6.45, 7) is 7.62. The standard InChI is InChI=1S/C19H23N3O3/c1-2-25-19-6-4-3-5-16(19)15-20-11-13-21(14-12-20)17-7-9-18(10-8-17)22(23)24/h3-10H,2,11-15H2,1H3/p+1. The molecule has 1 fully saturated rings. The summed E-state index contributed by atoms with van der Waals surface area (Å²) in [5, 5.41) is 10.8. The summed E-state index contributed by atoms with van der Waals surface area (Å²) in [4.78, 5) is 14.2. The Morgan fingerprint density at radius 3 is 2.44 bits per heavy atom. The van der Waals surface area contributed by atoms with Crippen LogP contribution in [0.2, 0.25) is 0 Å². The van der Waals surface area contributed by atoms with Gasteiger partial charge in [0.05, 0.1) is 37.7 Å². The molecule has 0 saturated carbocycles. The van der Waals surface area contributed by atoms with E-state index in [2.05, 4.69) is 17.0 Å². The molecule has 2 aromatic rings. The highest BCUT2D eigenvalue weighted by Crippen LogP contribution is 2.20. The number of rotatable bonds is 6. The lowest BCUT2D eigenvalue weighted by Crippen LogP contribution is -3.13. The molecule has 1 heterocycles. The molecule has 2 aromatic carbocycles. The number of hydrogen-bond donors (Lipinski definition) is 1. The van der Waals surface area contributed by atoms with Crippen molar-refractivity contribution >= 4 is 11.4 Å². The fraction of sp³-hybridized carbons (Fsp3) is 0.368. The van der Waals surface area contributed by atoms with Gasteiger partial charge in [0.15, 0.2) is 0 Å². The first-order valence-electron chi connectivity index (χ1n) is 8.71. The molecular formula is C19H24N3O3+. The zero-order chi connectivity index (χ0) is 17.6. The highest BCUT2D eigenvalue weighted by Gasteiger charge is 2.21. The van der Waals surface area contributed by atoms with Gasteiger partial charge in [-0.05, 0) is 31.2 Å². The average molecular weight is 342 g/mol. The molecule has 0 bridgehead atoms. The van der Waals surface area contributed by atoms with E-state index in [4.69, 9.17) is 4.74 Å². The molecule has 0 aromatic heterocycles. The number of ether oxygens (including phenoxy) is 1. The van der Waals surface area contributed by atoms with Crippen LogP contribution >= 0.6 is 0 Å². The number of hydrogen-bond acceptors (Lipinski definition) is 4. The Balaban J connectivity index is 1.58. The number of non-ortho nitro benzene ring substituents is 1. The topological polar surface area (TPSA) is 60.0 Å². The van der Waals surface area contributed by atoms with Crippen molar-refractivity contribution in [3.05, 3.63) is 64.2 Å². The second kappa shape index (κ2) is 7.98. The monoisotopic (exact) mass is 342 g/mol. The van der Waals surface area contributed by atoms with Crippen LogP contribution in [-0.2, 0) is 6.54 Å². The molecule has 1 saturated heterocycles. The van der Waals surface area contributed by atoms with Gasteiger partial charge in [-0.2, -0.15) is 0 Å². The number of quaternary nitrogens is 1. The molecule has 0 radical (unpaired) electrons. The SMILES string of the molecule is CCOc1ccccc1C[NH+]1CCN(c2ccc([N+](=O)[O-])cc2)CC1. The smallest absolute Gasteiger partial charge is 0.269 e. The Labute approximate surface area is 147 Å². The van der Waals surface area contributed by atoms with Crippen molar-refractivity contribution in [2.45, 2.75) is 13.5 Å². The largest absolute Gasteiger partial charge is 0.493 e. The highest BCUT2D eigenvalue weighted by atomic mass is 16.6. The van der Waals surface area contributed by atoms with Gasteiger partial charge >= 0.3 is 0 Å². The predicted octanol–water partition coefficient (Wildman–Crippen LogP) is 1.90. The molecular weight excluding hydrogens is 318 g/mol.